The quantitative estimate of drug-likeness (QED) is 0.786. The summed E-state index contributed by atoms with van der Waals surface area (Å²) >= 11 is 12.0. The first-order valence-corrected chi connectivity index (χ1v) is 7.17. The summed E-state index contributed by atoms with van der Waals surface area (Å²) in [4.78, 5) is 7.46. The van der Waals surface area contributed by atoms with Crippen LogP contribution in [-0.4, -0.2) is 9.97 Å². The molecule has 0 aliphatic heterocycles. The molecular weight excluding hydrogens is 281 g/mol. The molecule has 1 aromatic carbocycles. The Morgan fingerprint density at radius 2 is 2.00 bits per heavy atom. The second-order valence-electron chi connectivity index (χ2n) is 4.53. The molecule has 0 saturated heterocycles. The van der Waals surface area contributed by atoms with Crippen LogP contribution in [0, 0.1) is 0 Å². The summed E-state index contributed by atoms with van der Waals surface area (Å²) in [6, 6.07) is 5.54. The van der Waals surface area contributed by atoms with Crippen LogP contribution in [0.1, 0.15) is 31.9 Å². The molecule has 0 unspecified atom stereocenters. The number of aromatic nitrogens is 2. The summed E-state index contributed by atoms with van der Waals surface area (Å²) in [6.07, 6.45) is 4.39. The number of rotatable bonds is 5. The zero-order valence-corrected chi connectivity index (χ0v) is 12.4. The number of nitrogens with two attached hydrogens (primary N) is 1. The number of H-pyrrole nitrogens is 1. The number of benzene rings is 1. The molecule has 0 fully saturated rings. The van der Waals surface area contributed by atoms with E-state index in [1.807, 2.05) is 12.1 Å². The van der Waals surface area contributed by atoms with E-state index in [1.54, 1.807) is 6.07 Å². The van der Waals surface area contributed by atoms with Crippen LogP contribution in [-0.2, 0) is 6.42 Å². The third-order valence-corrected chi connectivity index (χ3v) is 3.76. The molecule has 0 spiro atoms. The first kappa shape index (κ1) is 14.2. The third kappa shape index (κ3) is 3.43. The highest BCUT2D eigenvalue weighted by atomic mass is 35.5. The number of halogens is 2. The Labute approximate surface area is 123 Å². The summed E-state index contributed by atoms with van der Waals surface area (Å²) in [5.41, 5.74) is 8.65. The van der Waals surface area contributed by atoms with Gasteiger partial charge in [-0.15, -0.1) is 0 Å². The van der Waals surface area contributed by atoms with Crippen LogP contribution in [0.2, 0.25) is 10.0 Å². The van der Waals surface area contributed by atoms with Crippen molar-refractivity contribution in [3.05, 3.63) is 33.9 Å². The van der Waals surface area contributed by atoms with E-state index < -0.39 is 0 Å². The minimum atomic E-state index is 0.438. The molecule has 19 heavy (non-hydrogen) atoms. The Bertz CT molecular complexity index is 564. The molecule has 0 saturated carbocycles. The van der Waals surface area contributed by atoms with Crippen LogP contribution in [0.15, 0.2) is 18.2 Å². The van der Waals surface area contributed by atoms with Gasteiger partial charge < -0.3 is 10.7 Å². The van der Waals surface area contributed by atoms with Gasteiger partial charge in [0.05, 0.1) is 21.4 Å². The summed E-state index contributed by atoms with van der Waals surface area (Å²) in [7, 11) is 0. The number of nitrogens with one attached hydrogen (secondary N) is 1. The number of anilines is 1. The summed E-state index contributed by atoms with van der Waals surface area (Å²) in [5.74, 6) is 0.438. The minimum absolute atomic E-state index is 0.438. The maximum Gasteiger partial charge on any atom is 0.198 e. The van der Waals surface area contributed by atoms with Crippen molar-refractivity contribution in [2.45, 2.75) is 32.6 Å². The van der Waals surface area contributed by atoms with Crippen LogP contribution in [0.5, 0.6) is 0 Å². The molecule has 3 nitrogen and oxygen atoms in total. The lowest BCUT2D eigenvalue weighted by Crippen LogP contribution is -1.90. The standard InChI is InChI=1S/C14H17Cl2N3/c1-2-3-4-5-12-13(19-14(17)18-12)9-6-7-10(15)11(16)8-9/h6-8H,2-5H2,1H3,(H3,17,18,19). The highest BCUT2D eigenvalue weighted by molar-refractivity contribution is 6.42. The van der Waals surface area contributed by atoms with Gasteiger partial charge in [0.1, 0.15) is 0 Å². The molecule has 2 aromatic rings. The molecule has 102 valence electrons. The first-order valence-electron chi connectivity index (χ1n) is 6.41. The van der Waals surface area contributed by atoms with Crippen LogP contribution in [0.4, 0.5) is 5.95 Å². The highest BCUT2D eigenvalue weighted by Gasteiger charge is 2.11. The van der Waals surface area contributed by atoms with E-state index in [2.05, 4.69) is 16.9 Å². The summed E-state index contributed by atoms with van der Waals surface area (Å²) in [5, 5.41) is 1.08. The maximum atomic E-state index is 6.05. The van der Waals surface area contributed by atoms with Gasteiger partial charge in [-0.1, -0.05) is 49.0 Å². The van der Waals surface area contributed by atoms with Crippen molar-refractivity contribution in [2.75, 3.05) is 5.73 Å². The molecule has 0 amide bonds. The zero-order valence-electron chi connectivity index (χ0n) is 10.8. The molecule has 0 aliphatic carbocycles. The van der Waals surface area contributed by atoms with Gasteiger partial charge in [-0.3, -0.25) is 0 Å². The number of unbranched alkanes of at least 4 members (excludes halogenated alkanes) is 2. The number of imidazole rings is 1. The Balaban J connectivity index is 2.29. The van der Waals surface area contributed by atoms with Gasteiger partial charge in [0.15, 0.2) is 5.95 Å². The molecular formula is C14H17Cl2N3. The van der Waals surface area contributed by atoms with Crippen LogP contribution >= 0.6 is 23.2 Å². The zero-order chi connectivity index (χ0) is 13.8. The first-order chi connectivity index (χ1) is 9.11. The van der Waals surface area contributed by atoms with Crippen molar-refractivity contribution in [1.29, 1.82) is 0 Å². The van der Waals surface area contributed by atoms with E-state index in [0.717, 1.165) is 29.8 Å². The van der Waals surface area contributed by atoms with Crippen molar-refractivity contribution in [3.8, 4) is 11.3 Å². The van der Waals surface area contributed by atoms with Gasteiger partial charge in [0.2, 0.25) is 0 Å². The monoisotopic (exact) mass is 297 g/mol. The number of aromatic amines is 1. The van der Waals surface area contributed by atoms with E-state index in [0.29, 0.717) is 16.0 Å². The van der Waals surface area contributed by atoms with E-state index in [4.69, 9.17) is 28.9 Å². The fourth-order valence-corrected chi connectivity index (χ4v) is 2.34. The minimum Gasteiger partial charge on any atom is -0.369 e. The van der Waals surface area contributed by atoms with Crippen molar-refractivity contribution in [1.82, 2.24) is 9.97 Å². The van der Waals surface area contributed by atoms with Gasteiger partial charge in [0, 0.05) is 5.56 Å². The lowest BCUT2D eigenvalue weighted by atomic mass is 10.1. The Kier molecular flexibility index (Phi) is 4.72. The van der Waals surface area contributed by atoms with E-state index in [-0.39, 0.29) is 0 Å². The molecule has 0 atom stereocenters. The van der Waals surface area contributed by atoms with Gasteiger partial charge in [-0.25, -0.2) is 4.98 Å². The smallest absolute Gasteiger partial charge is 0.198 e. The lowest BCUT2D eigenvalue weighted by molar-refractivity contribution is 0.710. The fraction of sp³-hybridized carbons (Fsp3) is 0.357. The van der Waals surface area contributed by atoms with E-state index in [9.17, 15) is 0 Å². The fourth-order valence-electron chi connectivity index (χ4n) is 2.04. The molecule has 0 bridgehead atoms. The summed E-state index contributed by atoms with van der Waals surface area (Å²) < 4.78 is 0. The highest BCUT2D eigenvalue weighted by Crippen LogP contribution is 2.30. The van der Waals surface area contributed by atoms with E-state index in [1.165, 1.54) is 12.8 Å². The molecule has 1 heterocycles. The predicted molar refractivity (Wildman–Crippen MR) is 81.7 cm³/mol. The normalized spacial score (nSPS) is 10.9. The third-order valence-electron chi connectivity index (χ3n) is 3.02. The predicted octanol–water partition coefficient (Wildman–Crippen LogP) is 4.70. The van der Waals surface area contributed by atoms with E-state index >= 15 is 0 Å². The van der Waals surface area contributed by atoms with Crippen molar-refractivity contribution in [2.24, 2.45) is 0 Å². The molecule has 5 heteroatoms. The topological polar surface area (TPSA) is 54.7 Å². The van der Waals surface area contributed by atoms with Gasteiger partial charge in [-0.05, 0) is 25.0 Å². The average molecular weight is 298 g/mol. The Morgan fingerprint density at radius 3 is 2.68 bits per heavy atom. The Hall–Kier alpha value is -1.19. The number of aryl methyl sites for hydroxylation is 1. The summed E-state index contributed by atoms with van der Waals surface area (Å²) in [6.45, 7) is 2.18. The van der Waals surface area contributed by atoms with Gasteiger partial charge in [0.25, 0.3) is 0 Å². The maximum absolute atomic E-state index is 6.05. The van der Waals surface area contributed by atoms with Crippen LogP contribution in [0.3, 0.4) is 0 Å². The van der Waals surface area contributed by atoms with Crippen LogP contribution in [0.25, 0.3) is 11.3 Å². The molecule has 0 radical (unpaired) electrons. The van der Waals surface area contributed by atoms with Gasteiger partial charge in [-0.2, -0.15) is 0 Å². The average Bonchev–Trinajstić information content (AvgIpc) is 2.74. The largest absolute Gasteiger partial charge is 0.369 e. The SMILES string of the molecule is CCCCCc1nc(N)[nH]c1-c1ccc(Cl)c(Cl)c1. The second-order valence-corrected chi connectivity index (χ2v) is 5.34. The lowest BCUT2D eigenvalue weighted by Gasteiger charge is -2.04. The number of hydrogen-bond acceptors (Lipinski definition) is 2. The van der Waals surface area contributed by atoms with Gasteiger partial charge >= 0.3 is 0 Å². The number of nitrogens with zero attached hydrogens (tertiary/aromatic N) is 1. The second kappa shape index (κ2) is 6.31. The molecule has 3 N–H and O–H groups in total. The number of nitrogen functional groups attached to an aromatic ring is 1. The Morgan fingerprint density at radius 1 is 1.21 bits per heavy atom. The molecule has 2 rings (SSSR count). The van der Waals surface area contributed by atoms with Crippen molar-refractivity contribution >= 4 is 29.2 Å². The number of hydrogen-bond donors (Lipinski definition) is 2. The van der Waals surface area contributed by atoms with Crippen LogP contribution < -0.4 is 5.73 Å². The molecule has 1 aromatic heterocycles. The van der Waals surface area contributed by atoms with Crippen molar-refractivity contribution in [3.63, 3.8) is 0 Å². The van der Waals surface area contributed by atoms with Crippen molar-refractivity contribution < 1.29 is 0 Å². The molecule has 0 aliphatic rings.